The van der Waals surface area contributed by atoms with Crippen LogP contribution in [-0.4, -0.2) is 5.78 Å². The molecule has 10 heavy (non-hydrogen) atoms. The van der Waals surface area contributed by atoms with Crippen LogP contribution in [0.15, 0.2) is 0 Å². The third-order valence-corrected chi connectivity index (χ3v) is 3.31. The molecule has 1 atom stereocenters. The third kappa shape index (κ3) is 0.561. The number of ketones is 1. The Bertz CT molecular complexity index is 181. The molecule has 2 aliphatic carbocycles. The quantitative estimate of drug-likeness (QED) is 0.499. The van der Waals surface area contributed by atoms with E-state index in [9.17, 15) is 4.79 Å². The highest BCUT2D eigenvalue weighted by molar-refractivity contribution is 5.97. The molecule has 55 valence electrons. The van der Waals surface area contributed by atoms with Crippen LogP contribution in [0.5, 0.6) is 0 Å². The van der Waals surface area contributed by atoms with E-state index in [1.54, 1.807) is 0 Å². The highest BCUT2D eigenvalue weighted by Gasteiger charge is 2.53. The molecular weight excluding hydrogens is 124 g/mol. The van der Waals surface area contributed by atoms with E-state index < -0.39 is 0 Å². The van der Waals surface area contributed by atoms with Crippen LogP contribution in [0.2, 0.25) is 0 Å². The molecule has 2 bridgehead atoms. The fourth-order valence-corrected chi connectivity index (χ4v) is 2.45. The number of hydrogen-bond acceptors (Lipinski definition) is 1. The van der Waals surface area contributed by atoms with Gasteiger partial charge in [-0.2, -0.15) is 0 Å². The summed E-state index contributed by atoms with van der Waals surface area (Å²) in [6.45, 7) is 4.43. The molecule has 2 fully saturated rings. The van der Waals surface area contributed by atoms with Crippen molar-refractivity contribution < 1.29 is 4.79 Å². The minimum absolute atomic E-state index is 0.261. The summed E-state index contributed by atoms with van der Waals surface area (Å²) in [5.74, 6) is 2.34. The summed E-state index contributed by atoms with van der Waals surface area (Å²) in [5.41, 5.74) is 0.261. The van der Waals surface area contributed by atoms with Crippen molar-refractivity contribution in [3.8, 4) is 0 Å². The number of fused-ring (bicyclic) bond motifs is 2. The summed E-state index contributed by atoms with van der Waals surface area (Å²) in [6.07, 6.45) is 3.17. The summed E-state index contributed by atoms with van der Waals surface area (Å²) in [7, 11) is 0. The summed E-state index contributed by atoms with van der Waals surface area (Å²) >= 11 is 0. The van der Waals surface area contributed by atoms with Crippen molar-refractivity contribution in [2.45, 2.75) is 33.1 Å². The van der Waals surface area contributed by atoms with Gasteiger partial charge in [0, 0.05) is 12.3 Å². The lowest BCUT2D eigenvalue weighted by atomic mass is 9.82. The van der Waals surface area contributed by atoms with Gasteiger partial charge in [-0.05, 0) is 24.2 Å². The van der Waals surface area contributed by atoms with Crippen molar-refractivity contribution in [1.82, 2.24) is 0 Å². The maximum Gasteiger partial charge on any atom is 0.140 e. The van der Waals surface area contributed by atoms with E-state index in [1.807, 2.05) is 0 Å². The normalized spacial score (nSPS) is 37.4. The Morgan fingerprint density at radius 1 is 1.50 bits per heavy atom. The van der Waals surface area contributed by atoms with Gasteiger partial charge in [0.05, 0.1) is 0 Å². The Labute approximate surface area is 61.8 Å². The standard InChI is InChI=1S/C9H13O/c1-9(2)6-3-4-7(9)8(10)5-6/h6H,3-5H2,1-2H3. The molecule has 0 aliphatic heterocycles. The molecule has 0 amide bonds. The van der Waals surface area contributed by atoms with E-state index in [0.717, 1.165) is 12.8 Å². The van der Waals surface area contributed by atoms with Gasteiger partial charge in [0.15, 0.2) is 0 Å². The lowest BCUT2D eigenvalue weighted by Crippen LogP contribution is -2.16. The monoisotopic (exact) mass is 137 g/mol. The van der Waals surface area contributed by atoms with Crippen LogP contribution < -0.4 is 0 Å². The number of carbonyl (C=O) groups excluding carboxylic acids is 1. The highest BCUT2D eigenvalue weighted by Crippen LogP contribution is 2.56. The molecular formula is C9H13O. The van der Waals surface area contributed by atoms with Crippen LogP contribution in [0, 0.1) is 17.3 Å². The van der Waals surface area contributed by atoms with Crippen molar-refractivity contribution in [2.24, 2.45) is 11.3 Å². The van der Waals surface area contributed by atoms with Gasteiger partial charge in [0.1, 0.15) is 5.78 Å². The van der Waals surface area contributed by atoms with Crippen LogP contribution in [0.4, 0.5) is 0 Å². The van der Waals surface area contributed by atoms with E-state index in [0.29, 0.717) is 11.7 Å². The van der Waals surface area contributed by atoms with E-state index >= 15 is 0 Å². The molecule has 2 rings (SSSR count). The van der Waals surface area contributed by atoms with Crippen molar-refractivity contribution >= 4 is 5.78 Å². The van der Waals surface area contributed by atoms with Crippen molar-refractivity contribution in [3.05, 3.63) is 5.92 Å². The molecule has 0 heterocycles. The number of hydrogen-bond donors (Lipinski definition) is 0. The predicted octanol–water partition coefficient (Wildman–Crippen LogP) is 1.97. The molecule has 1 radical (unpaired) electrons. The first kappa shape index (κ1) is 6.38. The fraction of sp³-hybridized carbons (Fsp3) is 0.778. The van der Waals surface area contributed by atoms with Crippen molar-refractivity contribution in [2.75, 3.05) is 0 Å². The molecule has 0 spiro atoms. The largest absolute Gasteiger partial charge is 0.299 e. The minimum atomic E-state index is 0.261. The van der Waals surface area contributed by atoms with E-state index in [-0.39, 0.29) is 5.41 Å². The molecule has 1 heteroatoms. The number of Topliss-reactive ketones (excluding diaryl/α,β-unsaturated/α-hetero) is 1. The second kappa shape index (κ2) is 1.63. The second-order valence-corrected chi connectivity index (χ2v) is 4.06. The zero-order chi connectivity index (χ0) is 7.35. The number of carbonyl (C=O) groups is 1. The van der Waals surface area contributed by atoms with E-state index in [4.69, 9.17) is 0 Å². The second-order valence-electron chi connectivity index (χ2n) is 4.06. The summed E-state index contributed by atoms with van der Waals surface area (Å²) in [6, 6.07) is 0. The molecule has 0 N–H and O–H groups in total. The molecule has 2 saturated carbocycles. The first-order valence-corrected chi connectivity index (χ1v) is 4.02. The van der Waals surface area contributed by atoms with Crippen molar-refractivity contribution in [3.63, 3.8) is 0 Å². The minimum Gasteiger partial charge on any atom is -0.299 e. The smallest absolute Gasteiger partial charge is 0.140 e. The Hall–Kier alpha value is -0.330. The van der Waals surface area contributed by atoms with Crippen LogP contribution in [-0.2, 0) is 4.79 Å². The third-order valence-electron chi connectivity index (χ3n) is 3.31. The van der Waals surface area contributed by atoms with Gasteiger partial charge >= 0.3 is 0 Å². The van der Waals surface area contributed by atoms with Crippen LogP contribution >= 0.6 is 0 Å². The van der Waals surface area contributed by atoms with Gasteiger partial charge in [-0.15, -0.1) is 0 Å². The highest BCUT2D eigenvalue weighted by atomic mass is 16.1. The predicted molar refractivity (Wildman–Crippen MR) is 39.4 cm³/mol. The fourth-order valence-electron chi connectivity index (χ4n) is 2.45. The maximum atomic E-state index is 11.2. The first-order chi connectivity index (χ1) is 4.62. The zero-order valence-electron chi connectivity index (χ0n) is 6.61. The van der Waals surface area contributed by atoms with Gasteiger partial charge in [0.2, 0.25) is 0 Å². The van der Waals surface area contributed by atoms with Gasteiger partial charge in [-0.25, -0.2) is 0 Å². The van der Waals surface area contributed by atoms with Gasteiger partial charge in [-0.1, -0.05) is 13.8 Å². The Balaban J connectivity index is 2.35. The van der Waals surface area contributed by atoms with E-state index in [1.165, 1.54) is 12.3 Å². The molecule has 1 unspecified atom stereocenters. The summed E-state index contributed by atoms with van der Waals surface area (Å²) in [5, 5.41) is 0. The number of rotatable bonds is 0. The van der Waals surface area contributed by atoms with Gasteiger partial charge < -0.3 is 0 Å². The van der Waals surface area contributed by atoms with Gasteiger partial charge in [0.25, 0.3) is 0 Å². The Morgan fingerprint density at radius 3 is 2.40 bits per heavy atom. The molecule has 2 aliphatic rings. The molecule has 1 nitrogen and oxygen atoms in total. The lowest BCUT2D eigenvalue weighted by molar-refractivity contribution is -0.117. The molecule has 0 saturated heterocycles. The average molecular weight is 137 g/mol. The summed E-state index contributed by atoms with van der Waals surface area (Å²) in [4.78, 5) is 11.2. The average Bonchev–Trinajstić information content (AvgIpc) is 2.20. The lowest BCUT2D eigenvalue weighted by Gasteiger charge is -2.21. The van der Waals surface area contributed by atoms with Crippen molar-refractivity contribution in [1.29, 1.82) is 0 Å². The van der Waals surface area contributed by atoms with Crippen LogP contribution in [0.1, 0.15) is 33.1 Å². The molecule has 0 aromatic heterocycles. The molecule has 0 aromatic rings. The molecule has 0 aromatic carbocycles. The van der Waals surface area contributed by atoms with Gasteiger partial charge in [-0.3, -0.25) is 4.79 Å². The van der Waals surface area contributed by atoms with Crippen LogP contribution in [0.25, 0.3) is 0 Å². The maximum absolute atomic E-state index is 11.2. The Morgan fingerprint density at radius 2 is 2.20 bits per heavy atom. The topological polar surface area (TPSA) is 17.1 Å². The van der Waals surface area contributed by atoms with E-state index in [2.05, 4.69) is 13.8 Å². The van der Waals surface area contributed by atoms with Crippen LogP contribution in [0.3, 0.4) is 0 Å². The SMILES string of the molecule is CC1(C)[C]2CCC1CC2=O. The Kier molecular flexibility index (Phi) is 1.04. The zero-order valence-corrected chi connectivity index (χ0v) is 6.61. The first-order valence-electron chi connectivity index (χ1n) is 4.02. The summed E-state index contributed by atoms with van der Waals surface area (Å²) < 4.78 is 0.